The summed E-state index contributed by atoms with van der Waals surface area (Å²) in [7, 11) is 0. The van der Waals surface area contributed by atoms with Gasteiger partial charge in [-0.3, -0.25) is 4.79 Å². The highest BCUT2D eigenvalue weighted by atomic mass is 16.1. The minimum absolute atomic E-state index is 0.000240. The lowest BCUT2D eigenvalue weighted by Gasteiger charge is -2.21. The quantitative estimate of drug-likeness (QED) is 0.182. The van der Waals surface area contributed by atoms with E-state index in [1.165, 1.54) is 29.5 Å². The zero-order valence-corrected chi connectivity index (χ0v) is 22.3. The Morgan fingerprint density at radius 2 is 1.74 bits per heavy atom. The summed E-state index contributed by atoms with van der Waals surface area (Å²) in [6.07, 6.45) is 2.88. The van der Waals surface area contributed by atoms with Crippen LogP contribution in [0.25, 0.3) is 10.5 Å². The first kappa shape index (κ1) is 25.6. The number of rotatable bonds is 10. The molecule has 5 rings (SSSR count). The predicted octanol–water partition coefficient (Wildman–Crippen LogP) is 7.37. The van der Waals surface area contributed by atoms with Crippen molar-refractivity contribution in [1.29, 1.82) is 0 Å². The molecule has 4 aromatic rings. The number of aromatic nitrogens is 2. The third kappa shape index (κ3) is 5.93. The zero-order valence-electron chi connectivity index (χ0n) is 22.3. The van der Waals surface area contributed by atoms with E-state index in [9.17, 15) is 4.79 Å². The molecule has 0 spiro atoms. The van der Waals surface area contributed by atoms with Crippen LogP contribution in [0.3, 0.4) is 0 Å². The standard InChI is InChI=1S/C33H34N4O/c1-22(2)26-13-15-27(16-14-26)33(35-21-24-11-12-24)28-8-5-7-25(18-28)19-32(38)31-17-23(3)36-37(31)30-10-6-9-29(20-30)34-4/h5-10,13-18,20,22,24,33,35H,11-12,19,21H2,1-3H3. The summed E-state index contributed by atoms with van der Waals surface area (Å²) in [5.74, 6) is 1.26. The lowest BCUT2D eigenvalue weighted by molar-refractivity contribution is 0.0985. The van der Waals surface area contributed by atoms with E-state index in [1.54, 1.807) is 16.8 Å². The minimum Gasteiger partial charge on any atom is -0.306 e. The van der Waals surface area contributed by atoms with Crippen molar-refractivity contribution in [3.8, 4) is 5.69 Å². The molecule has 0 saturated heterocycles. The van der Waals surface area contributed by atoms with Gasteiger partial charge < -0.3 is 5.32 Å². The maximum absolute atomic E-state index is 13.5. The first-order chi connectivity index (χ1) is 18.4. The first-order valence-corrected chi connectivity index (χ1v) is 13.4. The van der Waals surface area contributed by atoms with Crippen molar-refractivity contribution in [2.45, 2.75) is 52.0 Å². The van der Waals surface area contributed by atoms with Crippen LogP contribution in [0.4, 0.5) is 5.69 Å². The lowest BCUT2D eigenvalue weighted by Crippen LogP contribution is -2.25. The number of aryl methyl sites for hydroxylation is 1. The Hall–Kier alpha value is -4.01. The van der Waals surface area contributed by atoms with Gasteiger partial charge in [0.1, 0.15) is 5.69 Å². The smallest absolute Gasteiger partial charge is 0.189 e. The summed E-state index contributed by atoms with van der Waals surface area (Å²) in [6.45, 7) is 14.6. The molecule has 1 fully saturated rings. The van der Waals surface area contributed by atoms with Crippen molar-refractivity contribution in [3.05, 3.63) is 124 Å². The van der Waals surface area contributed by atoms with Gasteiger partial charge >= 0.3 is 0 Å². The summed E-state index contributed by atoms with van der Waals surface area (Å²) < 4.78 is 1.66. The van der Waals surface area contributed by atoms with E-state index < -0.39 is 0 Å². The van der Waals surface area contributed by atoms with E-state index in [4.69, 9.17) is 6.57 Å². The molecule has 38 heavy (non-hydrogen) atoms. The molecule has 0 amide bonds. The maximum atomic E-state index is 13.5. The van der Waals surface area contributed by atoms with Crippen LogP contribution in [0.2, 0.25) is 0 Å². The van der Waals surface area contributed by atoms with Crippen LogP contribution >= 0.6 is 0 Å². The maximum Gasteiger partial charge on any atom is 0.189 e. The van der Waals surface area contributed by atoms with Crippen molar-refractivity contribution in [2.75, 3.05) is 6.54 Å². The fraction of sp³-hybridized carbons (Fsp3) is 0.303. The molecule has 1 atom stereocenters. The summed E-state index contributed by atoms with van der Waals surface area (Å²) in [6, 6.07) is 26.4. The second-order valence-corrected chi connectivity index (χ2v) is 10.7. The van der Waals surface area contributed by atoms with Crippen LogP contribution in [-0.2, 0) is 6.42 Å². The number of hydrogen-bond acceptors (Lipinski definition) is 3. The molecule has 0 aliphatic heterocycles. The van der Waals surface area contributed by atoms with Gasteiger partial charge in [-0.25, -0.2) is 9.53 Å². The van der Waals surface area contributed by atoms with Crippen LogP contribution < -0.4 is 5.32 Å². The van der Waals surface area contributed by atoms with Gasteiger partial charge in [0.25, 0.3) is 0 Å². The highest BCUT2D eigenvalue weighted by molar-refractivity contribution is 5.96. The Balaban J connectivity index is 1.40. The number of carbonyl (C=O) groups is 1. The van der Waals surface area contributed by atoms with Gasteiger partial charge in [-0.15, -0.1) is 0 Å². The lowest BCUT2D eigenvalue weighted by atomic mass is 9.93. The summed E-state index contributed by atoms with van der Waals surface area (Å²) in [5, 5.41) is 8.35. The molecule has 1 saturated carbocycles. The molecule has 5 heteroatoms. The van der Waals surface area contributed by atoms with Crippen LogP contribution in [-0.4, -0.2) is 22.1 Å². The third-order valence-electron chi connectivity index (χ3n) is 7.21. The Morgan fingerprint density at radius 3 is 2.45 bits per heavy atom. The largest absolute Gasteiger partial charge is 0.306 e. The first-order valence-electron chi connectivity index (χ1n) is 13.4. The SMILES string of the molecule is [C-]#[N+]c1cccc(-n2nc(C)cc2C(=O)Cc2cccc(C(NCC3CC3)c3ccc(C(C)C)cc3)c2)c1. The molecule has 1 N–H and O–H groups in total. The van der Waals surface area contributed by atoms with Crippen molar-refractivity contribution in [2.24, 2.45) is 5.92 Å². The highest BCUT2D eigenvalue weighted by Crippen LogP contribution is 2.31. The Labute approximate surface area is 225 Å². The zero-order chi connectivity index (χ0) is 26.6. The van der Waals surface area contributed by atoms with E-state index >= 15 is 0 Å². The average molecular weight is 503 g/mol. The molecule has 192 valence electrons. The molecular weight excluding hydrogens is 468 g/mol. The number of benzene rings is 3. The van der Waals surface area contributed by atoms with Gasteiger partial charge in [0, 0.05) is 6.42 Å². The number of nitrogens with one attached hydrogen (secondary N) is 1. The highest BCUT2D eigenvalue weighted by Gasteiger charge is 2.24. The Kier molecular flexibility index (Phi) is 7.53. The van der Waals surface area contributed by atoms with E-state index in [0.29, 0.717) is 17.3 Å². The molecule has 1 heterocycles. The van der Waals surface area contributed by atoms with E-state index in [2.05, 4.69) is 65.5 Å². The Bertz CT molecular complexity index is 1470. The van der Waals surface area contributed by atoms with E-state index in [0.717, 1.165) is 29.4 Å². The van der Waals surface area contributed by atoms with Gasteiger partial charge in [0.15, 0.2) is 11.5 Å². The molecule has 3 aromatic carbocycles. The van der Waals surface area contributed by atoms with Gasteiger partial charge in [-0.1, -0.05) is 74.5 Å². The number of carbonyl (C=O) groups excluding carboxylic acids is 1. The van der Waals surface area contributed by atoms with Gasteiger partial charge in [-0.2, -0.15) is 5.10 Å². The van der Waals surface area contributed by atoms with Crippen LogP contribution in [0.1, 0.15) is 77.1 Å². The molecule has 0 radical (unpaired) electrons. The average Bonchev–Trinajstić information content (AvgIpc) is 3.67. The predicted molar refractivity (Wildman–Crippen MR) is 152 cm³/mol. The molecule has 1 unspecified atom stereocenters. The van der Waals surface area contributed by atoms with Crippen molar-refractivity contribution >= 4 is 11.5 Å². The molecule has 1 aliphatic rings. The summed E-state index contributed by atoms with van der Waals surface area (Å²) >= 11 is 0. The van der Waals surface area contributed by atoms with E-state index in [-0.39, 0.29) is 18.2 Å². The summed E-state index contributed by atoms with van der Waals surface area (Å²) in [5.41, 5.74) is 7.26. The number of hydrogen-bond donors (Lipinski definition) is 1. The van der Waals surface area contributed by atoms with Crippen molar-refractivity contribution < 1.29 is 4.79 Å². The molecule has 1 aromatic heterocycles. The topological polar surface area (TPSA) is 51.3 Å². The second kappa shape index (κ2) is 11.2. The molecule has 1 aliphatic carbocycles. The fourth-order valence-electron chi connectivity index (χ4n) is 4.86. The van der Waals surface area contributed by atoms with Gasteiger partial charge in [0.05, 0.1) is 24.0 Å². The fourth-order valence-corrected chi connectivity index (χ4v) is 4.86. The second-order valence-electron chi connectivity index (χ2n) is 10.7. The number of Topliss-reactive ketones (excluding diaryl/α,β-unsaturated/α-hetero) is 1. The number of nitrogens with zero attached hydrogens (tertiary/aromatic N) is 3. The number of ketones is 1. The monoisotopic (exact) mass is 502 g/mol. The Morgan fingerprint density at radius 1 is 1.00 bits per heavy atom. The third-order valence-corrected chi connectivity index (χ3v) is 7.21. The van der Waals surface area contributed by atoms with Crippen LogP contribution in [0.15, 0.2) is 78.9 Å². The summed E-state index contributed by atoms with van der Waals surface area (Å²) in [4.78, 5) is 17.0. The van der Waals surface area contributed by atoms with E-state index in [1.807, 2.05) is 37.3 Å². The molecule has 0 bridgehead atoms. The van der Waals surface area contributed by atoms with Crippen molar-refractivity contribution in [1.82, 2.24) is 15.1 Å². The minimum atomic E-state index is -0.000240. The molecule has 5 nitrogen and oxygen atoms in total. The van der Waals surface area contributed by atoms with Crippen LogP contribution in [0.5, 0.6) is 0 Å². The van der Waals surface area contributed by atoms with Crippen LogP contribution in [0, 0.1) is 19.4 Å². The van der Waals surface area contributed by atoms with Gasteiger partial charge in [0.2, 0.25) is 0 Å². The van der Waals surface area contributed by atoms with Crippen molar-refractivity contribution in [3.63, 3.8) is 0 Å². The van der Waals surface area contributed by atoms with Gasteiger partial charge in [-0.05, 0) is 78.6 Å². The molecular formula is C33H34N4O. The normalized spacial score (nSPS) is 13.9.